The van der Waals surface area contributed by atoms with E-state index in [1.54, 1.807) is 19.1 Å². The van der Waals surface area contributed by atoms with Gasteiger partial charge in [0, 0.05) is 18.8 Å². The van der Waals surface area contributed by atoms with Crippen molar-refractivity contribution in [2.45, 2.75) is 39.0 Å². The molecule has 1 saturated heterocycles. The summed E-state index contributed by atoms with van der Waals surface area (Å²) in [7, 11) is 0. The number of hydrogen-bond acceptors (Lipinski definition) is 2. The molecule has 1 heterocycles. The van der Waals surface area contributed by atoms with Crippen LogP contribution in [0.4, 0.5) is 10.5 Å². The summed E-state index contributed by atoms with van der Waals surface area (Å²) in [6.07, 6.45) is 5.63. The van der Waals surface area contributed by atoms with E-state index >= 15 is 0 Å². The topological polar surface area (TPSA) is 69.6 Å². The Morgan fingerprint density at radius 2 is 1.71 bits per heavy atom. The molecule has 0 saturated carbocycles. The number of carboxylic acids is 1. The summed E-state index contributed by atoms with van der Waals surface area (Å²) in [4.78, 5) is 25.2. The predicted molar refractivity (Wildman–Crippen MR) is 81.8 cm³/mol. The van der Waals surface area contributed by atoms with E-state index in [4.69, 9.17) is 5.11 Å². The molecule has 5 heteroatoms. The highest BCUT2D eigenvalue weighted by atomic mass is 16.4. The Kier molecular flexibility index (Phi) is 5.20. The van der Waals surface area contributed by atoms with Gasteiger partial charge in [-0.05, 0) is 37.5 Å². The number of benzene rings is 1. The standard InChI is InChI=1S/C16H22N2O3/c1-12-7-8-13(11-14(12)15(19)20)17-16(21)18-9-5-3-2-4-6-10-18/h7-8,11H,2-6,9-10H2,1H3,(H,17,21)(H,19,20). The number of amides is 2. The Hall–Kier alpha value is -2.04. The zero-order chi connectivity index (χ0) is 15.2. The Bertz CT molecular complexity index is 520. The molecule has 0 aliphatic carbocycles. The number of nitrogens with one attached hydrogen (secondary N) is 1. The average Bonchev–Trinajstić information content (AvgIpc) is 2.40. The minimum atomic E-state index is -0.977. The van der Waals surface area contributed by atoms with Gasteiger partial charge in [-0.1, -0.05) is 25.3 Å². The maximum atomic E-state index is 12.3. The summed E-state index contributed by atoms with van der Waals surface area (Å²) >= 11 is 0. The Labute approximate surface area is 125 Å². The van der Waals surface area contributed by atoms with Gasteiger partial charge in [0.25, 0.3) is 0 Å². The number of carbonyl (C=O) groups excluding carboxylic acids is 1. The zero-order valence-corrected chi connectivity index (χ0v) is 12.4. The van der Waals surface area contributed by atoms with Crippen LogP contribution in [0.15, 0.2) is 18.2 Å². The molecule has 1 aliphatic rings. The molecule has 2 rings (SSSR count). The van der Waals surface area contributed by atoms with Gasteiger partial charge in [-0.15, -0.1) is 0 Å². The van der Waals surface area contributed by atoms with Crippen LogP contribution in [0.25, 0.3) is 0 Å². The van der Waals surface area contributed by atoms with Crippen molar-refractivity contribution in [2.75, 3.05) is 18.4 Å². The van der Waals surface area contributed by atoms with Crippen LogP contribution < -0.4 is 5.32 Å². The molecule has 1 aromatic rings. The largest absolute Gasteiger partial charge is 0.478 e. The SMILES string of the molecule is Cc1ccc(NC(=O)N2CCCCCCC2)cc1C(=O)O. The first kappa shape index (κ1) is 15.4. The van der Waals surface area contributed by atoms with Crippen molar-refractivity contribution in [1.82, 2.24) is 4.90 Å². The van der Waals surface area contributed by atoms with Crippen LogP contribution in [-0.2, 0) is 0 Å². The van der Waals surface area contributed by atoms with Gasteiger partial charge >= 0.3 is 12.0 Å². The average molecular weight is 290 g/mol. The van der Waals surface area contributed by atoms with Crippen LogP contribution in [0.5, 0.6) is 0 Å². The van der Waals surface area contributed by atoms with E-state index in [2.05, 4.69) is 5.32 Å². The summed E-state index contributed by atoms with van der Waals surface area (Å²) < 4.78 is 0. The van der Waals surface area contributed by atoms with Crippen LogP contribution in [-0.4, -0.2) is 35.1 Å². The summed E-state index contributed by atoms with van der Waals surface area (Å²) in [5.74, 6) is -0.977. The second-order valence-electron chi connectivity index (χ2n) is 5.52. The third-order valence-corrected chi connectivity index (χ3v) is 3.86. The molecule has 0 spiro atoms. The van der Waals surface area contributed by atoms with Crippen LogP contribution in [0.2, 0.25) is 0 Å². The third kappa shape index (κ3) is 4.21. The second-order valence-corrected chi connectivity index (χ2v) is 5.52. The van der Waals surface area contributed by atoms with Gasteiger partial charge < -0.3 is 15.3 Å². The normalized spacial score (nSPS) is 16.0. The van der Waals surface area contributed by atoms with Crippen LogP contribution >= 0.6 is 0 Å². The van der Waals surface area contributed by atoms with E-state index in [1.165, 1.54) is 12.5 Å². The van der Waals surface area contributed by atoms with E-state index in [9.17, 15) is 9.59 Å². The van der Waals surface area contributed by atoms with Gasteiger partial charge in [0.15, 0.2) is 0 Å². The van der Waals surface area contributed by atoms with Crippen molar-refractivity contribution in [3.05, 3.63) is 29.3 Å². The predicted octanol–water partition coefficient (Wildman–Crippen LogP) is 3.49. The van der Waals surface area contributed by atoms with Crippen molar-refractivity contribution in [3.63, 3.8) is 0 Å². The molecule has 0 atom stereocenters. The van der Waals surface area contributed by atoms with E-state index in [0.29, 0.717) is 11.3 Å². The van der Waals surface area contributed by atoms with Gasteiger partial charge in [0.2, 0.25) is 0 Å². The van der Waals surface area contributed by atoms with Crippen LogP contribution in [0.1, 0.15) is 48.0 Å². The number of rotatable bonds is 2. The molecule has 0 bridgehead atoms. The monoisotopic (exact) mass is 290 g/mol. The van der Waals surface area contributed by atoms with Gasteiger partial charge in [-0.2, -0.15) is 0 Å². The number of aromatic carboxylic acids is 1. The number of urea groups is 1. The Balaban J connectivity index is 2.04. The minimum Gasteiger partial charge on any atom is -0.478 e. The quantitative estimate of drug-likeness (QED) is 0.876. The van der Waals surface area contributed by atoms with Gasteiger partial charge in [0.1, 0.15) is 0 Å². The highest BCUT2D eigenvalue weighted by Crippen LogP contribution is 2.17. The van der Waals surface area contributed by atoms with E-state index in [0.717, 1.165) is 38.8 Å². The lowest BCUT2D eigenvalue weighted by Crippen LogP contribution is -2.37. The van der Waals surface area contributed by atoms with Crippen LogP contribution in [0, 0.1) is 6.92 Å². The first-order valence-corrected chi connectivity index (χ1v) is 7.48. The fourth-order valence-electron chi connectivity index (χ4n) is 2.58. The van der Waals surface area contributed by atoms with Crippen molar-refractivity contribution in [2.24, 2.45) is 0 Å². The number of hydrogen-bond donors (Lipinski definition) is 2. The second kappa shape index (κ2) is 7.11. The summed E-state index contributed by atoms with van der Waals surface area (Å²) in [5.41, 5.74) is 1.44. The van der Waals surface area contributed by atoms with Crippen molar-refractivity contribution >= 4 is 17.7 Å². The van der Waals surface area contributed by atoms with Gasteiger partial charge in [-0.3, -0.25) is 0 Å². The first-order chi connectivity index (χ1) is 10.1. The zero-order valence-electron chi connectivity index (χ0n) is 12.4. The van der Waals surface area contributed by atoms with E-state index in [-0.39, 0.29) is 11.6 Å². The highest BCUT2D eigenvalue weighted by Gasteiger charge is 2.16. The summed E-state index contributed by atoms with van der Waals surface area (Å²) in [6.45, 7) is 3.28. The molecule has 1 aliphatic heterocycles. The molecule has 114 valence electrons. The number of anilines is 1. The molecule has 2 amide bonds. The summed E-state index contributed by atoms with van der Waals surface area (Å²) in [6, 6.07) is 4.83. The molecule has 2 N–H and O–H groups in total. The number of aryl methyl sites for hydroxylation is 1. The molecule has 0 unspecified atom stereocenters. The molecule has 21 heavy (non-hydrogen) atoms. The lowest BCUT2D eigenvalue weighted by molar-refractivity contribution is 0.0696. The number of likely N-dealkylation sites (tertiary alicyclic amines) is 1. The molecule has 1 fully saturated rings. The Morgan fingerprint density at radius 3 is 2.33 bits per heavy atom. The molecular formula is C16H22N2O3. The lowest BCUT2D eigenvalue weighted by atomic mass is 10.1. The highest BCUT2D eigenvalue weighted by molar-refractivity contribution is 5.94. The maximum absolute atomic E-state index is 12.3. The fraction of sp³-hybridized carbons (Fsp3) is 0.500. The minimum absolute atomic E-state index is 0.142. The smallest absolute Gasteiger partial charge is 0.336 e. The molecule has 1 aromatic carbocycles. The third-order valence-electron chi connectivity index (χ3n) is 3.86. The van der Waals surface area contributed by atoms with Crippen molar-refractivity contribution in [3.8, 4) is 0 Å². The number of carbonyl (C=O) groups is 2. The van der Waals surface area contributed by atoms with Crippen LogP contribution in [0.3, 0.4) is 0 Å². The first-order valence-electron chi connectivity index (χ1n) is 7.48. The Morgan fingerprint density at radius 1 is 1.10 bits per heavy atom. The molecule has 0 aromatic heterocycles. The maximum Gasteiger partial charge on any atom is 0.336 e. The lowest BCUT2D eigenvalue weighted by Gasteiger charge is -2.25. The van der Waals surface area contributed by atoms with Crippen molar-refractivity contribution < 1.29 is 14.7 Å². The number of nitrogens with zero attached hydrogens (tertiary/aromatic N) is 1. The van der Waals surface area contributed by atoms with Gasteiger partial charge in [-0.25, -0.2) is 9.59 Å². The van der Waals surface area contributed by atoms with E-state index in [1.807, 2.05) is 4.90 Å². The molecule has 5 nitrogen and oxygen atoms in total. The summed E-state index contributed by atoms with van der Waals surface area (Å²) in [5, 5.41) is 11.9. The fourth-order valence-corrected chi connectivity index (χ4v) is 2.58. The molecular weight excluding hydrogens is 268 g/mol. The van der Waals surface area contributed by atoms with Gasteiger partial charge in [0.05, 0.1) is 5.56 Å². The van der Waals surface area contributed by atoms with E-state index < -0.39 is 5.97 Å². The van der Waals surface area contributed by atoms with Crippen molar-refractivity contribution in [1.29, 1.82) is 0 Å². The number of carboxylic acid groups (broad SMARTS) is 1. The molecule has 0 radical (unpaired) electrons.